The number of benzene rings is 1. The third kappa shape index (κ3) is 1.34. The SMILES string of the molecule is O=C1S[N+]([O-])([O-])c2ccc(Cl)cc21. The predicted molar refractivity (Wildman–Crippen MR) is 51.9 cm³/mol. The van der Waals surface area contributed by atoms with E-state index in [9.17, 15) is 15.2 Å². The summed E-state index contributed by atoms with van der Waals surface area (Å²) in [6.07, 6.45) is 0. The van der Waals surface area contributed by atoms with Crippen LogP contribution in [0.1, 0.15) is 10.4 Å². The van der Waals surface area contributed by atoms with Crippen molar-refractivity contribution in [3.63, 3.8) is 0 Å². The largest absolute Gasteiger partial charge is 0.613 e. The average molecular weight is 217 g/mol. The van der Waals surface area contributed by atoms with Crippen molar-refractivity contribution in [2.24, 2.45) is 0 Å². The van der Waals surface area contributed by atoms with E-state index in [0.717, 1.165) is 0 Å². The second-order valence-electron chi connectivity index (χ2n) is 2.54. The Morgan fingerprint density at radius 2 is 2.08 bits per heavy atom. The Morgan fingerprint density at radius 3 is 2.77 bits per heavy atom. The molecule has 2 rings (SSSR count). The summed E-state index contributed by atoms with van der Waals surface area (Å²) in [6.45, 7) is 0. The molecule has 0 aromatic heterocycles. The molecule has 1 aliphatic rings. The second kappa shape index (κ2) is 2.70. The standard InChI is InChI=1S/C7H3ClNO3S/c8-4-1-2-6-5(3-4)7(10)13-9(6,11)12/h1-3H/q-1. The van der Waals surface area contributed by atoms with E-state index in [2.05, 4.69) is 0 Å². The van der Waals surface area contributed by atoms with E-state index in [1.807, 2.05) is 0 Å². The second-order valence-corrected chi connectivity index (χ2v) is 4.01. The molecule has 0 fully saturated rings. The Bertz CT molecular complexity index is 393. The highest BCUT2D eigenvalue weighted by Crippen LogP contribution is 2.43. The molecule has 0 unspecified atom stereocenters. The Labute approximate surface area is 83.0 Å². The molecule has 4 nitrogen and oxygen atoms in total. The third-order valence-corrected chi connectivity index (χ3v) is 2.73. The summed E-state index contributed by atoms with van der Waals surface area (Å²) in [6, 6.07) is 4.04. The van der Waals surface area contributed by atoms with Crippen molar-refractivity contribution in [2.45, 2.75) is 0 Å². The smallest absolute Gasteiger partial charge is 0.283 e. The molecular weight excluding hydrogens is 214 g/mol. The van der Waals surface area contributed by atoms with Crippen molar-refractivity contribution in [1.29, 1.82) is 0 Å². The lowest BCUT2D eigenvalue weighted by Crippen LogP contribution is -2.23. The van der Waals surface area contributed by atoms with Crippen LogP contribution in [-0.4, -0.2) is 5.12 Å². The van der Waals surface area contributed by atoms with Gasteiger partial charge < -0.3 is 10.4 Å². The number of nitrogens with zero attached hydrogens (tertiary/aromatic N) is 1. The van der Waals surface area contributed by atoms with Gasteiger partial charge in [0.15, 0.2) is 17.6 Å². The van der Waals surface area contributed by atoms with Crippen LogP contribution in [0.3, 0.4) is 0 Å². The zero-order valence-electron chi connectivity index (χ0n) is 6.19. The number of fused-ring (bicyclic) bond motifs is 1. The van der Waals surface area contributed by atoms with Crippen molar-refractivity contribution >= 4 is 34.4 Å². The first-order chi connectivity index (χ1) is 6.00. The predicted octanol–water partition coefficient (Wildman–Crippen LogP) is 2.44. The van der Waals surface area contributed by atoms with E-state index in [0.29, 0.717) is 5.02 Å². The lowest BCUT2D eigenvalue weighted by Gasteiger charge is -2.38. The van der Waals surface area contributed by atoms with Crippen LogP contribution in [0.5, 0.6) is 0 Å². The maximum Gasteiger partial charge on any atom is 0.283 e. The van der Waals surface area contributed by atoms with Gasteiger partial charge in [-0.2, -0.15) is 0 Å². The Balaban J connectivity index is 2.66. The van der Waals surface area contributed by atoms with Crippen LogP contribution in [0.25, 0.3) is 0 Å². The van der Waals surface area contributed by atoms with Gasteiger partial charge in [0.1, 0.15) is 0 Å². The molecule has 0 radical (unpaired) electrons. The lowest BCUT2D eigenvalue weighted by molar-refractivity contribution is 0.109. The molecule has 1 aromatic carbocycles. The first kappa shape index (κ1) is 8.98. The fourth-order valence-corrected chi connectivity index (χ4v) is 2.03. The lowest BCUT2D eigenvalue weighted by atomic mass is 10.2. The van der Waals surface area contributed by atoms with Gasteiger partial charge in [0.25, 0.3) is 5.12 Å². The van der Waals surface area contributed by atoms with Gasteiger partial charge in [0.05, 0.1) is 5.56 Å². The van der Waals surface area contributed by atoms with Gasteiger partial charge in [-0.25, -0.2) is 0 Å². The molecule has 13 heavy (non-hydrogen) atoms. The molecule has 0 bridgehead atoms. The quantitative estimate of drug-likeness (QED) is 0.380. The summed E-state index contributed by atoms with van der Waals surface area (Å²) >= 11 is 5.80. The number of halogens is 1. The molecule has 0 saturated heterocycles. The van der Waals surface area contributed by atoms with Crippen molar-refractivity contribution < 1.29 is 4.79 Å². The minimum absolute atomic E-state index is 0.0839. The number of quaternary nitrogens is 1. The van der Waals surface area contributed by atoms with E-state index in [1.165, 1.54) is 18.2 Å². The fraction of sp³-hybridized carbons (Fsp3) is 0. The van der Waals surface area contributed by atoms with E-state index >= 15 is 0 Å². The number of hydrogen-bond donors (Lipinski definition) is 0. The molecular formula is C7H3ClNO3S-. The third-order valence-electron chi connectivity index (χ3n) is 1.68. The van der Waals surface area contributed by atoms with E-state index in [4.69, 9.17) is 11.6 Å². The fourth-order valence-electron chi connectivity index (χ4n) is 1.12. The Hall–Kier alpha value is -0.590. The van der Waals surface area contributed by atoms with Crippen molar-refractivity contribution in [3.05, 3.63) is 39.2 Å². The number of hydrogen-bond acceptors (Lipinski definition) is 4. The zero-order valence-corrected chi connectivity index (χ0v) is 7.76. The summed E-state index contributed by atoms with van der Waals surface area (Å²) in [4.78, 5) is 11.1. The number of carbonyl (C=O) groups excluding carboxylic acids is 1. The van der Waals surface area contributed by atoms with Crippen LogP contribution >= 0.6 is 23.5 Å². The van der Waals surface area contributed by atoms with Gasteiger partial charge in [-0.1, -0.05) is 11.6 Å². The normalized spacial score (nSPS) is 18.8. The zero-order chi connectivity index (χ0) is 9.64. The summed E-state index contributed by atoms with van der Waals surface area (Å²) in [5.74, 6) is 0. The number of rotatable bonds is 0. The highest BCUT2D eigenvalue weighted by molar-refractivity contribution is 8.14. The first-order valence-electron chi connectivity index (χ1n) is 3.36. The summed E-state index contributed by atoms with van der Waals surface area (Å²) < 4.78 is -1.95. The van der Waals surface area contributed by atoms with E-state index < -0.39 is 9.33 Å². The van der Waals surface area contributed by atoms with Crippen LogP contribution in [0, 0.1) is 10.4 Å². The van der Waals surface area contributed by atoms with Crippen molar-refractivity contribution in [2.75, 3.05) is 0 Å². The average Bonchev–Trinajstić information content (AvgIpc) is 2.22. The molecule has 1 heterocycles. The molecule has 0 N–H and O–H groups in total. The van der Waals surface area contributed by atoms with Gasteiger partial charge in [0.2, 0.25) is 0 Å². The van der Waals surface area contributed by atoms with Crippen molar-refractivity contribution in [1.82, 2.24) is 4.21 Å². The highest BCUT2D eigenvalue weighted by atomic mass is 35.5. The summed E-state index contributed by atoms with van der Waals surface area (Å²) in [5.41, 5.74) is 0.0295. The Kier molecular flexibility index (Phi) is 1.86. The topological polar surface area (TPSA) is 63.2 Å². The first-order valence-corrected chi connectivity index (χ1v) is 4.51. The van der Waals surface area contributed by atoms with E-state index in [1.54, 1.807) is 0 Å². The van der Waals surface area contributed by atoms with Crippen molar-refractivity contribution in [3.8, 4) is 0 Å². The summed E-state index contributed by atoms with van der Waals surface area (Å²) in [5, 5.41) is 22.1. The van der Waals surface area contributed by atoms with Gasteiger partial charge in [0, 0.05) is 11.1 Å². The van der Waals surface area contributed by atoms with Crippen LogP contribution in [-0.2, 0) is 0 Å². The van der Waals surface area contributed by atoms with Gasteiger partial charge in [-0.05, 0) is 12.1 Å². The van der Waals surface area contributed by atoms with Gasteiger partial charge >= 0.3 is 0 Å². The molecule has 68 valence electrons. The van der Waals surface area contributed by atoms with Crippen LogP contribution in [0.15, 0.2) is 18.2 Å². The molecule has 1 aromatic rings. The maximum atomic E-state index is 11.1. The molecule has 0 saturated carbocycles. The van der Waals surface area contributed by atoms with Gasteiger partial charge in [-0.15, -0.1) is 0 Å². The molecule has 0 amide bonds. The van der Waals surface area contributed by atoms with Crippen LogP contribution in [0.4, 0.5) is 5.69 Å². The van der Waals surface area contributed by atoms with Crippen LogP contribution < -0.4 is 4.21 Å². The van der Waals surface area contributed by atoms with Gasteiger partial charge in [-0.3, -0.25) is 9.01 Å². The molecule has 6 heteroatoms. The van der Waals surface area contributed by atoms with Crippen LogP contribution in [0.2, 0.25) is 5.02 Å². The minimum Gasteiger partial charge on any atom is -0.613 e. The molecule has 0 spiro atoms. The monoisotopic (exact) mass is 216 g/mol. The maximum absolute atomic E-state index is 11.1. The van der Waals surface area contributed by atoms with E-state index in [-0.39, 0.29) is 23.2 Å². The molecule has 0 atom stereocenters. The minimum atomic E-state index is -1.95. The Morgan fingerprint density at radius 1 is 1.38 bits per heavy atom. The number of carbonyl (C=O) groups is 1. The summed E-state index contributed by atoms with van der Waals surface area (Å²) in [7, 11) is 0. The molecule has 0 aliphatic carbocycles. The highest BCUT2D eigenvalue weighted by Gasteiger charge is 2.34. The molecule has 1 aliphatic heterocycles.